The Morgan fingerprint density at radius 2 is 1.88 bits per heavy atom. The number of carboxylic acids is 1. The number of carbonyl (C=O) groups is 2. The fourth-order valence-corrected chi connectivity index (χ4v) is 2.94. The highest BCUT2D eigenvalue weighted by molar-refractivity contribution is 5.92. The summed E-state index contributed by atoms with van der Waals surface area (Å²) in [5.41, 5.74) is 0.615. The predicted octanol–water partition coefficient (Wildman–Crippen LogP) is 2.97. The molecule has 1 saturated heterocycles. The van der Waals surface area contributed by atoms with Gasteiger partial charge in [-0.25, -0.2) is 0 Å². The van der Waals surface area contributed by atoms with Gasteiger partial charge in [0.15, 0.2) is 0 Å². The van der Waals surface area contributed by atoms with E-state index in [0.29, 0.717) is 30.2 Å². The van der Waals surface area contributed by atoms with E-state index in [-0.39, 0.29) is 12.5 Å². The number of rotatable bonds is 6. The first-order valence-electron chi connectivity index (χ1n) is 8.21. The number of hydrogen-bond donors (Lipinski definition) is 2. The molecule has 2 aromatic rings. The smallest absolute Gasteiger partial charge is 0.320 e. The molecule has 3 rings (SSSR count). The monoisotopic (exact) mass is 340 g/mol. The second-order valence-corrected chi connectivity index (χ2v) is 5.96. The minimum Gasteiger partial charge on any atom is -0.480 e. The molecule has 1 aliphatic rings. The summed E-state index contributed by atoms with van der Waals surface area (Å²) in [6.07, 6.45) is 1.38. The number of anilines is 1. The van der Waals surface area contributed by atoms with Crippen molar-refractivity contribution in [3.8, 4) is 11.5 Å². The molecule has 0 aliphatic carbocycles. The fourth-order valence-electron chi connectivity index (χ4n) is 2.94. The summed E-state index contributed by atoms with van der Waals surface area (Å²) < 4.78 is 5.74. The van der Waals surface area contributed by atoms with Gasteiger partial charge in [0.1, 0.15) is 17.5 Å². The van der Waals surface area contributed by atoms with E-state index in [2.05, 4.69) is 5.32 Å². The summed E-state index contributed by atoms with van der Waals surface area (Å²) in [4.78, 5) is 25.1. The van der Waals surface area contributed by atoms with Gasteiger partial charge < -0.3 is 15.2 Å². The topological polar surface area (TPSA) is 78.9 Å². The van der Waals surface area contributed by atoms with Crippen LogP contribution in [0.15, 0.2) is 54.6 Å². The van der Waals surface area contributed by atoms with Crippen molar-refractivity contribution >= 4 is 17.6 Å². The molecular formula is C19H20N2O4. The normalized spacial score (nSPS) is 17.2. The molecule has 1 atom stereocenters. The Balaban J connectivity index is 1.60. The highest BCUT2D eigenvalue weighted by Crippen LogP contribution is 2.24. The van der Waals surface area contributed by atoms with Gasteiger partial charge in [0.25, 0.3) is 0 Å². The zero-order chi connectivity index (χ0) is 17.6. The minimum atomic E-state index is -0.872. The Morgan fingerprint density at radius 3 is 2.64 bits per heavy atom. The molecule has 1 heterocycles. The Bertz CT molecular complexity index is 748. The highest BCUT2D eigenvalue weighted by atomic mass is 16.5. The van der Waals surface area contributed by atoms with Crippen LogP contribution in [0.3, 0.4) is 0 Å². The van der Waals surface area contributed by atoms with Crippen LogP contribution in [0.5, 0.6) is 11.5 Å². The van der Waals surface area contributed by atoms with E-state index in [1.54, 1.807) is 23.1 Å². The number of nitrogens with zero attached hydrogens (tertiary/aromatic N) is 1. The van der Waals surface area contributed by atoms with Crippen molar-refractivity contribution in [3.05, 3.63) is 54.6 Å². The van der Waals surface area contributed by atoms with Gasteiger partial charge >= 0.3 is 5.97 Å². The lowest BCUT2D eigenvalue weighted by molar-refractivity contribution is -0.142. The number of carboxylic acid groups (broad SMARTS) is 1. The van der Waals surface area contributed by atoms with E-state index in [0.717, 1.165) is 6.42 Å². The first-order valence-corrected chi connectivity index (χ1v) is 8.21. The third-order valence-electron chi connectivity index (χ3n) is 4.09. The molecule has 0 saturated carbocycles. The van der Waals surface area contributed by atoms with E-state index in [4.69, 9.17) is 4.74 Å². The Morgan fingerprint density at radius 1 is 1.12 bits per heavy atom. The van der Waals surface area contributed by atoms with E-state index in [9.17, 15) is 14.7 Å². The lowest BCUT2D eigenvalue weighted by Gasteiger charge is -2.20. The molecule has 0 aromatic heterocycles. The first kappa shape index (κ1) is 17.0. The fraction of sp³-hybridized carbons (Fsp3) is 0.263. The summed E-state index contributed by atoms with van der Waals surface area (Å²) in [6.45, 7) is 0.697. The standard InChI is InChI=1S/C19H20N2O4/c22-18(13-21-11-5-10-17(21)19(23)24)20-14-6-4-9-16(12-14)25-15-7-2-1-3-8-15/h1-4,6-9,12,17H,5,10-11,13H2,(H,20,22)(H,23,24)/t17-/m1/s1. The van der Waals surface area contributed by atoms with E-state index < -0.39 is 12.0 Å². The van der Waals surface area contributed by atoms with Gasteiger partial charge in [-0.3, -0.25) is 14.5 Å². The molecule has 0 bridgehead atoms. The molecule has 6 nitrogen and oxygen atoms in total. The summed E-state index contributed by atoms with van der Waals surface area (Å²) in [7, 11) is 0. The lowest BCUT2D eigenvalue weighted by Crippen LogP contribution is -2.40. The molecule has 130 valence electrons. The maximum atomic E-state index is 12.2. The molecule has 6 heteroatoms. The number of hydrogen-bond acceptors (Lipinski definition) is 4. The molecule has 1 fully saturated rings. The van der Waals surface area contributed by atoms with Gasteiger partial charge in [0.05, 0.1) is 6.54 Å². The quantitative estimate of drug-likeness (QED) is 0.845. The minimum absolute atomic E-state index is 0.0702. The maximum Gasteiger partial charge on any atom is 0.320 e. The number of amides is 1. The van der Waals surface area contributed by atoms with Crippen LogP contribution >= 0.6 is 0 Å². The third kappa shape index (κ3) is 4.58. The average Bonchev–Trinajstić information content (AvgIpc) is 3.04. The third-order valence-corrected chi connectivity index (χ3v) is 4.09. The zero-order valence-electron chi connectivity index (χ0n) is 13.7. The Labute approximate surface area is 146 Å². The Hall–Kier alpha value is -2.86. The van der Waals surface area contributed by atoms with Crippen molar-refractivity contribution in [3.63, 3.8) is 0 Å². The van der Waals surface area contributed by atoms with Crippen LogP contribution < -0.4 is 10.1 Å². The number of benzene rings is 2. The predicted molar refractivity (Wildman–Crippen MR) is 93.8 cm³/mol. The molecule has 1 aliphatic heterocycles. The molecular weight excluding hydrogens is 320 g/mol. The van der Waals surface area contributed by atoms with Crippen LogP contribution in [0.25, 0.3) is 0 Å². The second kappa shape index (κ2) is 7.81. The lowest BCUT2D eigenvalue weighted by atomic mass is 10.2. The van der Waals surface area contributed by atoms with Crippen molar-refractivity contribution < 1.29 is 19.4 Å². The molecule has 0 radical (unpaired) electrons. The SMILES string of the molecule is O=C(CN1CCC[C@@H]1C(=O)O)Nc1cccc(Oc2ccccc2)c1. The van der Waals surface area contributed by atoms with Crippen LogP contribution in [-0.2, 0) is 9.59 Å². The zero-order valence-corrected chi connectivity index (χ0v) is 13.7. The summed E-state index contributed by atoms with van der Waals surface area (Å²) in [5, 5.41) is 12.0. The van der Waals surface area contributed by atoms with E-state index in [1.807, 2.05) is 36.4 Å². The van der Waals surface area contributed by atoms with Gasteiger partial charge in [-0.1, -0.05) is 24.3 Å². The molecule has 0 spiro atoms. The Kier molecular flexibility index (Phi) is 5.30. The van der Waals surface area contributed by atoms with Crippen molar-refractivity contribution in [2.75, 3.05) is 18.4 Å². The largest absolute Gasteiger partial charge is 0.480 e. The van der Waals surface area contributed by atoms with Crippen LogP contribution in [0.4, 0.5) is 5.69 Å². The van der Waals surface area contributed by atoms with Gasteiger partial charge in [-0.2, -0.15) is 0 Å². The van der Waals surface area contributed by atoms with Crippen molar-refractivity contribution in [2.24, 2.45) is 0 Å². The highest BCUT2D eigenvalue weighted by Gasteiger charge is 2.31. The van der Waals surface area contributed by atoms with Crippen LogP contribution in [-0.4, -0.2) is 41.0 Å². The summed E-state index contributed by atoms with van der Waals surface area (Å²) in [5.74, 6) is 0.231. The first-order chi connectivity index (χ1) is 12.1. The number of ether oxygens (including phenoxy) is 1. The van der Waals surface area contributed by atoms with Gasteiger partial charge in [-0.15, -0.1) is 0 Å². The number of aliphatic carboxylic acids is 1. The maximum absolute atomic E-state index is 12.2. The summed E-state index contributed by atoms with van der Waals surface area (Å²) >= 11 is 0. The molecule has 2 N–H and O–H groups in total. The second-order valence-electron chi connectivity index (χ2n) is 5.96. The average molecular weight is 340 g/mol. The number of nitrogens with one attached hydrogen (secondary N) is 1. The van der Waals surface area contributed by atoms with Crippen molar-refractivity contribution in [2.45, 2.75) is 18.9 Å². The van der Waals surface area contributed by atoms with Crippen LogP contribution in [0, 0.1) is 0 Å². The summed E-state index contributed by atoms with van der Waals surface area (Å²) in [6, 6.07) is 15.9. The van der Waals surface area contributed by atoms with E-state index >= 15 is 0 Å². The molecule has 0 unspecified atom stereocenters. The van der Waals surface area contributed by atoms with Gasteiger partial charge in [0.2, 0.25) is 5.91 Å². The number of likely N-dealkylation sites (tertiary alicyclic amines) is 1. The molecule has 25 heavy (non-hydrogen) atoms. The van der Waals surface area contributed by atoms with E-state index in [1.165, 1.54) is 0 Å². The van der Waals surface area contributed by atoms with Gasteiger partial charge in [0, 0.05) is 11.8 Å². The molecule has 2 aromatic carbocycles. The molecule has 1 amide bonds. The number of para-hydroxylation sites is 1. The van der Waals surface area contributed by atoms with Crippen molar-refractivity contribution in [1.29, 1.82) is 0 Å². The van der Waals surface area contributed by atoms with Crippen LogP contribution in [0.2, 0.25) is 0 Å². The van der Waals surface area contributed by atoms with Crippen molar-refractivity contribution in [1.82, 2.24) is 4.90 Å². The number of carbonyl (C=O) groups excluding carboxylic acids is 1. The van der Waals surface area contributed by atoms with Crippen LogP contribution in [0.1, 0.15) is 12.8 Å². The van der Waals surface area contributed by atoms with Gasteiger partial charge in [-0.05, 0) is 43.7 Å².